The molecular weight excluding hydrogens is 298 g/mol. The van der Waals surface area contributed by atoms with Gasteiger partial charge in [-0.05, 0) is 17.0 Å². The second kappa shape index (κ2) is 6.32. The molecule has 1 aromatic carbocycles. The number of amides is 1. The molecule has 2 unspecified atom stereocenters. The van der Waals surface area contributed by atoms with Gasteiger partial charge in [0.15, 0.2) is 0 Å². The van der Waals surface area contributed by atoms with Crippen LogP contribution >= 0.6 is 11.3 Å². The number of thiophene rings is 1. The molecule has 0 aliphatic carbocycles. The van der Waals surface area contributed by atoms with Crippen LogP contribution in [0.15, 0.2) is 47.8 Å². The summed E-state index contributed by atoms with van der Waals surface area (Å²) >= 11 is 1.62. The van der Waals surface area contributed by atoms with Crippen molar-refractivity contribution in [1.29, 1.82) is 0 Å². The number of nitrogens with zero attached hydrogens (tertiary/aromatic N) is 1. The molecule has 114 valence electrons. The number of hydrogen-bond acceptors (Lipinski definition) is 4. The SMILES string of the molecule is COC(=O)C1CC(=O)N(C(c2ccccc2)c2cccs2)C1. The van der Waals surface area contributed by atoms with Crippen LogP contribution < -0.4 is 0 Å². The first-order valence-electron chi connectivity index (χ1n) is 7.16. The Labute approximate surface area is 133 Å². The highest BCUT2D eigenvalue weighted by molar-refractivity contribution is 7.10. The Morgan fingerprint density at radius 2 is 2.05 bits per heavy atom. The monoisotopic (exact) mass is 315 g/mol. The molecular formula is C17H17NO3S. The molecule has 0 N–H and O–H groups in total. The Morgan fingerprint density at radius 3 is 2.68 bits per heavy atom. The summed E-state index contributed by atoms with van der Waals surface area (Å²) in [6, 6.07) is 13.8. The lowest BCUT2D eigenvalue weighted by molar-refractivity contribution is -0.145. The van der Waals surface area contributed by atoms with Gasteiger partial charge in [0.1, 0.15) is 0 Å². The number of carbonyl (C=O) groups is 2. The van der Waals surface area contributed by atoms with Crippen LogP contribution in [0.1, 0.15) is 22.9 Å². The fourth-order valence-electron chi connectivity index (χ4n) is 2.89. The van der Waals surface area contributed by atoms with Crippen LogP contribution in [0.25, 0.3) is 0 Å². The maximum Gasteiger partial charge on any atom is 0.310 e. The van der Waals surface area contributed by atoms with Crippen molar-refractivity contribution < 1.29 is 14.3 Å². The van der Waals surface area contributed by atoms with E-state index >= 15 is 0 Å². The molecule has 1 aliphatic rings. The van der Waals surface area contributed by atoms with Gasteiger partial charge in [-0.2, -0.15) is 0 Å². The second-order valence-electron chi connectivity index (χ2n) is 5.30. The summed E-state index contributed by atoms with van der Waals surface area (Å²) in [5.41, 5.74) is 1.06. The molecule has 0 radical (unpaired) electrons. The summed E-state index contributed by atoms with van der Waals surface area (Å²) in [6.45, 7) is 0.406. The fraction of sp³-hybridized carbons (Fsp3) is 0.294. The van der Waals surface area contributed by atoms with E-state index in [0.717, 1.165) is 10.4 Å². The highest BCUT2D eigenvalue weighted by Gasteiger charge is 2.39. The maximum absolute atomic E-state index is 12.4. The number of ether oxygens (including phenoxy) is 1. The minimum absolute atomic E-state index is 0.00217. The lowest BCUT2D eigenvalue weighted by Crippen LogP contribution is -2.31. The molecule has 1 saturated heterocycles. The average molecular weight is 315 g/mol. The predicted octanol–water partition coefficient (Wildman–Crippen LogP) is 2.86. The molecule has 2 heterocycles. The van der Waals surface area contributed by atoms with E-state index in [4.69, 9.17) is 4.74 Å². The van der Waals surface area contributed by atoms with Gasteiger partial charge >= 0.3 is 5.97 Å². The predicted molar refractivity (Wildman–Crippen MR) is 84.4 cm³/mol. The molecule has 2 aromatic rings. The Hall–Kier alpha value is -2.14. The zero-order valence-electron chi connectivity index (χ0n) is 12.3. The number of hydrogen-bond donors (Lipinski definition) is 0. The molecule has 1 aromatic heterocycles. The van der Waals surface area contributed by atoms with Gasteiger partial charge < -0.3 is 9.64 Å². The average Bonchev–Trinajstić information content (AvgIpc) is 3.19. The number of carbonyl (C=O) groups excluding carboxylic acids is 2. The summed E-state index contributed by atoms with van der Waals surface area (Å²) in [5.74, 6) is -0.685. The quantitative estimate of drug-likeness (QED) is 0.815. The van der Waals surface area contributed by atoms with Gasteiger partial charge in [0, 0.05) is 17.8 Å². The van der Waals surface area contributed by atoms with Gasteiger partial charge in [0.2, 0.25) is 5.91 Å². The molecule has 1 amide bonds. The summed E-state index contributed by atoms with van der Waals surface area (Å²) < 4.78 is 4.79. The lowest BCUT2D eigenvalue weighted by Gasteiger charge is -2.27. The van der Waals surface area contributed by atoms with Crippen molar-refractivity contribution >= 4 is 23.2 Å². The van der Waals surface area contributed by atoms with E-state index in [2.05, 4.69) is 0 Å². The highest BCUT2D eigenvalue weighted by Crippen LogP contribution is 2.36. The summed E-state index contributed by atoms with van der Waals surface area (Å²) in [7, 11) is 1.36. The Kier molecular flexibility index (Phi) is 4.24. The first-order valence-corrected chi connectivity index (χ1v) is 8.04. The standard InChI is InChI=1S/C17H17NO3S/c1-21-17(20)13-10-15(19)18(11-13)16(14-8-5-9-22-14)12-6-3-2-4-7-12/h2-9,13,16H,10-11H2,1H3. The molecule has 0 spiro atoms. The van der Waals surface area contributed by atoms with Gasteiger partial charge in [-0.1, -0.05) is 36.4 Å². The third kappa shape index (κ3) is 2.76. The minimum atomic E-state index is -0.372. The fourth-order valence-corrected chi connectivity index (χ4v) is 3.75. The van der Waals surface area contributed by atoms with Gasteiger partial charge in [-0.25, -0.2) is 0 Å². The third-order valence-electron chi connectivity index (χ3n) is 3.93. The van der Waals surface area contributed by atoms with Gasteiger partial charge in [-0.15, -0.1) is 11.3 Å². The molecule has 1 fully saturated rings. The first-order chi connectivity index (χ1) is 10.7. The molecule has 22 heavy (non-hydrogen) atoms. The van der Waals surface area contributed by atoms with Crippen molar-refractivity contribution in [3.05, 3.63) is 58.3 Å². The summed E-state index contributed by atoms with van der Waals surface area (Å²) in [6.07, 6.45) is 0.224. The second-order valence-corrected chi connectivity index (χ2v) is 6.28. The van der Waals surface area contributed by atoms with Crippen molar-refractivity contribution in [2.24, 2.45) is 5.92 Å². The van der Waals surface area contributed by atoms with Crippen LogP contribution in [0.5, 0.6) is 0 Å². The van der Waals surface area contributed by atoms with Crippen LogP contribution in [0.2, 0.25) is 0 Å². The molecule has 5 heteroatoms. The number of benzene rings is 1. The topological polar surface area (TPSA) is 46.6 Å². The number of methoxy groups -OCH3 is 1. The van der Waals surface area contributed by atoms with Crippen molar-refractivity contribution in [3.63, 3.8) is 0 Å². The number of likely N-dealkylation sites (tertiary alicyclic amines) is 1. The lowest BCUT2D eigenvalue weighted by atomic mass is 10.0. The first kappa shape index (κ1) is 14.8. The van der Waals surface area contributed by atoms with Gasteiger partial charge in [0.25, 0.3) is 0 Å². The zero-order chi connectivity index (χ0) is 15.5. The van der Waals surface area contributed by atoms with E-state index in [1.54, 1.807) is 16.2 Å². The summed E-state index contributed by atoms with van der Waals surface area (Å²) in [4.78, 5) is 27.1. The number of rotatable bonds is 4. The van der Waals surface area contributed by atoms with E-state index in [0.29, 0.717) is 6.54 Å². The molecule has 2 atom stereocenters. The van der Waals surface area contributed by atoms with Crippen molar-refractivity contribution in [2.45, 2.75) is 12.5 Å². The van der Waals surface area contributed by atoms with Crippen LogP contribution in [0.3, 0.4) is 0 Å². The number of esters is 1. The zero-order valence-corrected chi connectivity index (χ0v) is 13.1. The Morgan fingerprint density at radius 1 is 1.27 bits per heavy atom. The minimum Gasteiger partial charge on any atom is -0.469 e. The van der Waals surface area contributed by atoms with Crippen LogP contribution in [0, 0.1) is 5.92 Å². The smallest absolute Gasteiger partial charge is 0.310 e. The van der Waals surface area contributed by atoms with E-state index in [-0.39, 0.29) is 30.3 Å². The molecule has 4 nitrogen and oxygen atoms in total. The normalized spacial score (nSPS) is 19.2. The third-order valence-corrected chi connectivity index (χ3v) is 4.86. The van der Waals surface area contributed by atoms with Crippen molar-refractivity contribution in [1.82, 2.24) is 4.90 Å². The molecule has 1 aliphatic heterocycles. The van der Waals surface area contributed by atoms with E-state index in [1.165, 1.54) is 7.11 Å². The highest BCUT2D eigenvalue weighted by atomic mass is 32.1. The van der Waals surface area contributed by atoms with E-state index in [9.17, 15) is 9.59 Å². The molecule has 3 rings (SSSR count). The van der Waals surface area contributed by atoms with Gasteiger partial charge in [-0.3, -0.25) is 9.59 Å². The Balaban J connectivity index is 1.94. The molecule has 0 bridgehead atoms. The van der Waals surface area contributed by atoms with Crippen LogP contribution in [-0.2, 0) is 14.3 Å². The maximum atomic E-state index is 12.4. The largest absolute Gasteiger partial charge is 0.469 e. The van der Waals surface area contributed by atoms with Crippen molar-refractivity contribution in [3.8, 4) is 0 Å². The summed E-state index contributed by atoms with van der Waals surface area (Å²) in [5, 5.41) is 2.00. The van der Waals surface area contributed by atoms with Crippen LogP contribution in [0.4, 0.5) is 0 Å². The van der Waals surface area contributed by atoms with E-state index < -0.39 is 0 Å². The Bertz CT molecular complexity index is 654. The van der Waals surface area contributed by atoms with E-state index in [1.807, 2.05) is 47.8 Å². The van der Waals surface area contributed by atoms with Crippen LogP contribution in [-0.4, -0.2) is 30.4 Å². The van der Waals surface area contributed by atoms with Crippen molar-refractivity contribution in [2.75, 3.05) is 13.7 Å². The molecule has 0 saturated carbocycles. The van der Waals surface area contributed by atoms with Gasteiger partial charge in [0.05, 0.1) is 19.1 Å².